The first-order valence-corrected chi connectivity index (χ1v) is 10.7. The van der Waals surface area contributed by atoms with Crippen molar-refractivity contribution in [2.24, 2.45) is 0 Å². The molecule has 0 N–H and O–H groups in total. The molecule has 0 aliphatic carbocycles. The van der Waals surface area contributed by atoms with Gasteiger partial charge < -0.3 is 4.90 Å². The number of carbonyl (C=O) groups is 1. The summed E-state index contributed by atoms with van der Waals surface area (Å²) in [4.78, 5) is 14.1. The van der Waals surface area contributed by atoms with Crippen LogP contribution in [-0.4, -0.2) is 33.3 Å². The number of hydrogen-bond donors (Lipinski definition) is 0. The van der Waals surface area contributed by atoms with Crippen molar-refractivity contribution in [3.63, 3.8) is 0 Å². The van der Waals surface area contributed by atoms with Gasteiger partial charge in [-0.05, 0) is 53.4 Å². The Morgan fingerprint density at radius 2 is 1.64 bits per heavy atom. The van der Waals surface area contributed by atoms with Gasteiger partial charge in [-0.15, -0.1) is 11.3 Å². The number of benzene rings is 2. The van der Waals surface area contributed by atoms with E-state index in [1.54, 1.807) is 61.0 Å². The maximum absolute atomic E-state index is 13.0. The van der Waals surface area contributed by atoms with E-state index in [1.165, 1.54) is 28.4 Å². The minimum atomic E-state index is -3.62. The molecule has 0 spiro atoms. The Morgan fingerprint density at radius 1 is 1.00 bits per heavy atom. The average molecular weight is 419 g/mol. The van der Waals surface area contributed by atoms with Crippen LogP contribution in [0.15, 0.2) is 70.3 Å². The first-order chi connectivity index (χ1) is 13.3. The lowest BCUT2D eigenvalue weighted by Crippen LogP contribution is -2.27. The molecule has 28 heavy (non-hydrogen) atoms. The lowest BCUT2D eigenvalue weighted by atomic mass is 10.1. The molecule has 0 atom stereocenters. The lowest BCUT2D eigenvalue weighted by molar-refractivity contribution is 0.0785. The van der Waals surface area contributed by atoms with Gasteiger partial charge in [0.1, 0.15) is 10.0 Å². The van der Waals surface area contributed by atoms with Crippen molar-refractivity contribution in [1.29, 1.82) is 0 Å². The van der Waals surface area contributed by atoms with Crippen LogP contribution >= 0.6 is 11.3 Å². The minimum Gasteiger partial charge on any atom is -0.337 e. The van der Waals surface area contributed by atoms with Crippen LogP contribution in [0, 0.1) is 5.82 Å². The second kappa shape index (κ2) is 8.12. The van der Waals surface area contributed by atoms with Gasteiger partial charge in [-0.3, -0.25) is 9.10 Å². The van der Waals surface area contributed by atoms with E-state index in [9.17, 15) is 17.6 Å². The number of sulfonamides is 1. The zero-order valence-electron chi connectivity index (χ0n) is 15.4. The van der Waals surface area contributed by atoms with Crippen molar-refractivity contribution < 1.29 is 17.6 Å². The fourth-order valence-corrected chi connectivity index (χ4v) is 5.01. The third-order valence-electron chi connectivity index (χ3n) is 4.27. The molecule has 0 saturated carbocycles. The largest absolute Gasteiger partial charge is 0.337 e. The second-order valence-corrected chi connectivity index (χ2v) is 9.38. The van der Waals surface area contributed by atoms with Crippen LogP contribution in [0.25, 0.3) is 0 Å². The van der Waals surface area contributed by atoms with E-state index in [1.807, 2.05) is 0 Å². The molecular weight excluding hydrogens is 399 g/mol. The second-order valence-electron chi connectivity index (χ2n) is 6.24. The van der Waals surface area contributed by atoms with Crippen LogP contribution in [0.1, 0.15) is 15.9 Å². The molecule has 2 aromatic carbocycles. The Bertz CT molecular complexity index is 1050. The van der Waals surface area contributed by atoms with Gasteiger partial charge in [0, 0.05) is 26.2 Å². The third kappa shape index (κ3) is 4.23. The molecule has 1 heterocycles. The monoisotopic (exact) mass is 418 g/mol. The standard InChI is InChI=1S/C20H19FN2O3S2/c1-22(14-15-5-9-17(21)10-6-15)20(24)16-7-11-18(12-8-16)23(2)28(25,26)19-4-3-13-27-19/h3-13H,14H2,1-2H3. The summed E-state index contributed by atoms with van der Waals surface area (Å²) in [6, 6.07) is 15.6. The highest BCUT2D eigenvalue weighted by molar-refractivity contribution is 7.94. The maximum atomic E-state index is 13.0. The molecule has 5 nitrogen and oxygen atoms in total. The Kier molecular flexibility index (Phi) is 5.81. The van der Waals surface area contributed by atoms with Gasteiger partial charge in [-0.1, -0.05) is 18.2 Å². The predicted molar refractivity (Wildman–Crippen MR) is 109 cm³/mol. The fourth-order valence-electron chi connectivity index (χ4n) is 2.65. The zero-order chi connectivity index (χ0) is 20.3. The molecule has 1 amide bonds. The molecular formula is C20H19FN2O3S2. The molecule has 0 saturated heterocycles. The van der Waals surface area contributed by atoms with Crippen molar-refractivity contribution >= 4 is 33.0 Å². The van der Waals surface area contributed by atoms with Crippen LogP contribution in [0.5, 0.6) is 0 Å². The Labute approximate surface area is 167 Å². The smallest absolute Gasteiger partial charge is 0.273 e. The average Bonchev–Trinajstić information content (AvgIpc) is 3.24. The summed E-state index contributed by atoms with van der Waals surface area (Å²) in [5, 5.41) is 1.71. The summed E-state index contributed by atoms with van der Waals surface area (Å²) in [5.41, 5.74) is 1.72. The van der Waals surface area contributed by atoms with Crippen molar-refractivity contribution in [2.75, 3.05) is 18.4 Å². The first-order valence-electron chi connectivity index (χ1n) is 8.41. The van der Waals surface area contributed by atoms with Gasteiger partial charge in [0.2, 0.25) is 0 Å². The summed E-state index contributed by atoms with van der Waals surface area (Å²) in [7, 11) is -0.478. The molecule has 0 bridgehead atoms. The quantitative estimate of drug-likeness (QED) is 0.608. The Balaban J connectivity index is 1.72. The van der Waals surface area contributed by atoms with Crippen LogP contribution in [0.4, 0.5) is 10.1 Å². The lowest BCUT2D eigenvalue weighted by Gasteiger charge is -2.20. The van der Waals surface area contributed by atoms with E-state index < -0.39 is 10.0 Å². The minimum absolute atomic E-state index is 0.209. The highest BCUT2D eigenvalue weighted by atomic mass is 32.2. The van der Waals surface area contributed by atoms with Crippen LogP contribution in [-0.2, 0) is 16.6 Å². The van der Waals surface area contributed by atoms with Crippen molar-refractivity contribution in [3.05, 3.63) is 83.0 Å². The maximum Gasteiger partial charge on any atom is 0.273 e. The topological polar surface area (TPSA) is 57.7 Å². The molecule has 0 aliphatic heterocycles. The first kappa shape index (κ1) is 20.0. The van der Waals surface area contributed by atoms with Crippen LogP contribution in [0.3, 0.4) is 0 Å². The van der Waals surface area contributed by atoms with E-state index in [0.29, 0.717) is 17.8 Å². The van der Waals surface area contributed by atoms with E-state index in [2.05, 4.69) is 0 Å². The Hall–Kier alpha value is -2.71. The Morgan fingerprint density at radius 3 is 2.21 bits per heavy atom. The fraction of sp³-hybridized carbons (Fsp3) is 0.150. The van der Waals surface area contributed by atoms with E-state index in [4.69, 9.17) is 0 Å². The van der Waals surface area contributed by atoms with Crippen molar-refractivity contribution in [3.8, 4) is 0 Å². The molecule has 0 unspecified atom stereocenters. The number of nitrogens with zero attached hydrogens (tertiary/aromatic N) is 2. The number of halogens is 1. The number of rotatable bonds is 6. The molecule has 0 radical (unpaired) electrons. The molecule has 3 rings (SSSR count). The van der Waals surface area contributed by atoms with Gasteiger partial charge in [0.05, 0.1) is 5.69 Å². The van der Waals surface area contributed by atoms with Gasteiger partial charge in [0.25, 0.3) is 15.9 Å². The molecule has 8 heteroatoms. The van der Waals surface area contributed by atoms with Gasteiger partial charge in [-0.25, -0.2) is 12.8 Å². The van der Waals surface area contributed by atoms with E-state index in [-0.39, 0.29) is 15.9 Å². The van der Waals surface area contributed by atoms with Gasteiger partial charge >= 0.3 is 0 Å². The number of hydrogen-bond acceptors (Lipinski definition) is 4. The molecule has 0 fully saturated rings. The summed E-state index contributed by atoms with van der Waals surface area (Å²) < 4.78 is 39.6. The highest BCUT2D eigenvalue weighted by Gasteiger charge is 2.22. The molecule has 0 aliphatic rings. The van der Waals surface area contributed by atoms with Crippen LogP contribution < -0.4 is 4.31 Å². The summed E-state index contributed by atoms with van der Waals surface area (Å²) in [6.07, 6.45) is 0. The zero-order valence-corrected chi connectivity index (χ0v) is 17.0. The normalized spacial score (nSPS) is 11.2. The van der Waals surface area contributed by atoms with E-state index in [0.717, 1.165) is 16.9 Å². The SMILES string of the molecule is CN(Cc1ccc(F)cc1)C(=O)c1ccc(N(C)S(=O)(=O)c2cccs2)cc1. The molecule has 3 aromatic rings. The summed E-state index contributed by atoms with van der Waals surface area (Å²) >= 11 is 1.15. The molecule has 1 aromatic heterocycles. The van der Waals surface area contributed by atoms with Gasteiger partial charge in [0.15, 0.2) is 0 Å². The number of carbonyl (C=O) groups excluding carboxylic acids is 1. The van der Waals surface area contributed by atoms with E-state index >= 15 is 0 Å². The highest BCUT2D eigenvalue weighted by Crippen LogP contribution is 2.25. The summed E-state index contributed by atoms with van der Waals surface area (Å²) in [5.74, 6) is -0.533. The van der Waals surface area contributed by atoms with Crippen LogP contribution in [0.2, 0.25) is 0 Å². The summed E-state index contributed by atoms with van der Waals surface area (Å²) in [6.45, 7) is 0.341. The van der Waals surface area contributed by atoms with Crippen molar-refractivity contribution in [1.82, 2.24) is 4.90 Å². The number of anilines is 1. The number of amides is 1. The number of thiophene rings is 1. The van der Waals surface area contributed by atoms with Gasteiger partial charge in [-0.2, -0.15) is 0 Å². The molecule has 146 valence electrons. The predicted octanol–water partition coefficient (Wildman–Crippen LogP) is 3.98. The third-order valence-corrected chi connectivity index (χ3v) is 7.43. The van der Waals surface area contributed by atoms with Crippen molar-refractivity contribution in [2.45, 2.75) is 10.8 Å².